The van der Waals surface area contributed by atoms with Gasteiger partial charge in [-0.1, -0.05) is 23.7 Å². The van der Waals surface area contributed by atoms with Crippen LogP contribution in [0.1, 0.15) is 24.3 Å². The van der Waals surface area contributed by atoms with E-state index < -0.39 is 5.91 Å². The van der Waals surface area contributed by atoms with Crippen molar-refractivity contribution in [2.24, 2.45) is 5.73 Å². The van der Waals surface area contributed by atoms with Gasteiger partial charge in [0.05, 0.1) is 6.54 Å². The molecule has 5 nitrogen and oxygen atoms in total. The van der Waals surface area contributed by atoms with Crippen LogP contribution in [0.4, 0.5) is 0 Å². The molecule has 2 rings (SSSR count). The summed E-state index contributed by atoms with van der Waals surface area (Å²) >= 11 is 7.32. The van der Waals surface area contributed by atoms with Gasteiger partial charge in [0.25, 0.3) is 5.91 Å². The van der Waals surface area contributed by atoms with Gasteiger partial charge in [0, 0.05) is 22.0 Å². The van der Waals surface area contributed by atoms with Gasteiger partial charge in [-0.25, -0.2) is 4.98 Å². The molecule has 22 heavy (non-hydrogen) atoms. The fourth-order valence-corrected chi connectivity index (χ4v) is 2.91. The first-order chi connectivity index (χ1) is 10.4. The van der Waals surface area contributed by atoms with E-state index in [1.165, 1.54) is 16.2 Å². The number of nitrogens with zero attached hydrogens (tertiary/aromatic N) is 2. The summed E-state index contributed by atoms with van der Waals surface area (Å²) in [5.74, 6) is -0.856. The third-order valence-corrected chi connectivity index (χ3v) is 4.13. The Balaban J connectivity index is 2.26. The van der Waals surface area contributed by atoms with Crippen molar-refractivity contribution >= 4 is 34.8 Å². The molecule has 0 bridgehead atoms. The minimum Gasteiger partial charge on any atom is -0.368 e. The number of nitrogens with two attached hydrogens (primary N) is 1. The van der Waals surface area contributed by atoms with Gasteiger partial charge >= 0.3 is 0 Å². The molecule has 0 saturated carbocycles. The Kier molecular flexibility index (Phi) is 5.15. The lowest BCUT2D eigenvalue weighted by atomic mass is 10.2. The molecule has 0 radical (unpaired) electrons. The Morgan fingerprint density at radius 3 is 2.73 bits per heavy atom. The van der Waals surface area contributed by atoms with Gasteiger partial charge in [0.2, 0.25) is 5.91 Å². The second-order valence-corrected chi connectivity index (χ2v) is 6.34. The highest BCUT2D eigenvalue weighted by atomic mass is 35.5. The van der Waals surface area contributed by atoms with E-state index in [1.807, 2.05) is 26.0 Å². The van der Waals surface area contributed by atoms with Crippen LogP contribution >= 0.6 is 22.9 Å². The standard InChI is InChI=1S/C15H16ClN3O2S/c1-9(2)19(7-13(17)20)15(21)12-8-22-14(18-12)10-4-3-5-11(16)6-10/h3-6,8-9H,7H2,1-2H3,(H2,17,20). The third kappa shape index (κ3) is 3.84. The number of benzene rings is 1. The number of amides is 2. The Labute approximate surface area is 137 Å². The van der Waals surface area contributed by atoms with Crippen molar-refractivity contribution in [1.29, 1.82) is 0 Å². The van der Waals surface area contributed by atoms with E-state index in [9.17, 15) is 9.59 Å². The van der Waals surface area contributed by atoms with Gasteiger partial charge < -0.3 is 10.6 Å². The lowest BCUT2D eigenvalue weighted by molar-refractivity contribution is -0.119. The maximum atomic E-state index is 12.5. The predicted octanol–water partition coefficient (Wildman–Crippen LogP) is 2.80. The Morgan fingerprint density at radius 1 is 1.41 bits per heavy atom. The Morgan fingerprint density at radius 2 is 2.14 bits per heavy atom. The average Bonchev–Trinajstić information content (AvgIpc) is 2.93. The number of carbonyl (C=O) groups is 2. The predicted molar refractivity (Wildman–Crippen MR) is 87.9 cm³/mol. The lowest BCUT2D eigenvalue weighted by Gasteiger charge is -2.24. The maximum absolute atomic E-state index is 12.5. The number of primary amides is 1. The van der Waals surface area contributed by atoms with Crippen molar-refractivity contribution in [2.75, 3.05) is 6.54 Å². The normalized spacial score (nSPS) is 10.7. The molecule has 116 valence electrons. The zero-order valence-electron chi connectivity index (χ0n) is 12.2. The first-order valence-electron chi connectivity index (χ1n) is 6.69. The van der Waals surface area contributed by atoms with Crippen molar-refractivity contribution < 1.29 is 9.59 Å². The molecule has 0 atom stereocenters. The van der Waals surface area contributed by atoms with Crippen LogP contribution in [0.15, 0.2) is 29.6 Å². The second-order valence-electron chi connectivity index (χ2n) is 5.04. The van der Waals surface area contributed by atoms with Gasteiger partial charge in [0.1, 0.15) is 10.7 Å². The molecule has 2 aromatic rings. The van der Waals surface area contributed by atoms with Crippen molar-refractivity contribution in [2.45, 2.75) is 19.9 Å². The molecule has 0 spiro atoms. The summed E-state index contributed by atoms with van der Waals surface area (Å²) in [5, 5.41) is 2.99. The third-order valence-electron chi connectivity index (χ3n) is 3.01. The summed E-state index contributed by atoms with van der Waals surface area (Å²) < 4.78 is 0. The summed E-state index contributed by atoms with van der Waals surface area (Å²) in [5.41, 5.74) is 6.35. The second kappa shape index (κ2) is 6.89. The molecule has 0 fully saturated rings. The van der Waals surface area contributed by atoms with Gasteiger partial charge in [0.15, 0.2) is 0 Å². The number of hydrogen-bond acceptors (Lipinski definition) is 4. The van der Waals surface area contributed by atoms with Crippen LogP contribution < -0.4 is 5.73 Å². The smallest absolute Gasteiger partial charge is 0.274 e. The zero-order valence-corrected chi connectivity index (χ0v) is 13.8. The fraction of sp³-hybridized carbons (Fsp3) is 0.267. The number of thiazole rings is 1. The monoisotopic (exact) mass is 337 g/mol. The molecule has 1 aromatic heterocycles. The zero-order chi connectivity index (χ0) is 16.3. The Hall–Kier alpha value is -1.92. The SMILES string of the molecule is CC(C)N(CC(N)=O)C(=O)c1csc(-c2cccc(Cl)c2)n1. The van der Waals surface area contributed by atoms with Gasteiger partial charge in [-0.2, -0.15) is 0 Å². The van der Waals surface area contributed by atoms with E-state index >= 15 is 0 Å². The first kappa shape index (κ1) is 16.5. The summed E-state index contributed by atoms with van der Waals surface area (Å²) in [6.07, 6.45) is 0. The van der Waals surface area contributed by atoms with Crippen LogP contribution in [0.2, 0.25) is 5.02 Å². The van der Waals surface area contributed by atoms with E-state index in [4.69, 9.17) is 17.3 Å². The maximum Gasteiger partial charge on any atom is 0.274 e. The van der Waals surface area contributed by atoms with E-state index in [1.54, 1.807) is 17.5 Å². The summed E-state index contributed by atoms with van der Waals surface area (Å²) in [6, 6.07) is 7.13. The largest absolute Gasteiger partial charge is 0.368 e. The van der Waals surface area contributed by atoms with E-state index in [0.717, 1.165) is 5.56 Å². The van der Waals surface area contributed by atoms with Crippen LogP contribution in [0.5, 0.6) is 0 Å². The highest BCUT2D eigenvalue weighted by Gasteiger charge is 2.23. The molecule has 0 aliphatic heterocycles. The molecule has 2 amide bonds. The molecule has 0 aliphatic carbocycles. The lowest BCUT2D eigenvalue weighted by Crippen LogP contribution is -2.42. The molecular formula is C15H16ClN3O2S. The minimum atomic E-state index is -0.549. The van der Waals surface area contributed by atoms with E-state index in [-0.39, 0.29) is 18.5 Å². The number of aromatic nitrogens is 1. The quantitative estimate of drug-likeness (QED) is 0.911. The molecule has 7 heteroatoms. The molecule has 0 unspecified atom stereocenters. The van der Waals surface area contributed by atoms with Crippen molar-refractivity contribution in [3.63, 3.8) is 0 Å². The number of halogens is 1. The summed E-state index contributed by atoms with van der Waals surface area (Å²) in [4.78, 5) is 29.3. The Bertz CT molecular complexity index is 700. The van der Waals surface area contributed by atoms with Crippen LogP contribution in [0, 0.1) is 0 Å². The van der Waals surface area contributed by atoms with Gasteiger partial charge in [-0.3, -0.25) is 9.59 Å². The van der Waals surface area contributed by atoms with Gasteiger partial charge in [-0.15, -0.1) is 11.3 Å². The average molecular weight is 338 g/mol. The van der Waals surface area contributed by atoms with Crippen LogP contribution in [-0.2, 0) is 4.79 Å². The molecule has 1 aromatic carbocycles. The summed E-state index contributed by atoms with van der Waals surface area (Å²) in [7, 11) is 0. The minimum absolute atomic E-state index is 0.124. The number of hydrogen-bond donors (Lipinski definition) is 1. The van der Waals surface area contributed by atoms with Crippen LogP contribution in [-0.4, -0.2) is 34.3 Å². The van der Waals surface area contributed by atoms with Gasteiger partial charge in [-0.05, 0) is 26.0 Å². The van der Waals surface area contributed by atoms with Crippen molar-refractivity contribution in [3.8, 4) is 10.6 Å². The first-order valence-corrected chi connectivity index (χ1v) is 7.95. The van der Waals surface area contributed by atoms with Crippen LogP contribution in [0.3, 0.4) is 0 Å². The topological polar surface area (TPSA) is 76.3 Å². The highest BCUT2D eigenvalue weighted by molar-refractivity contribution is 7.13. The molecule has 0 saturated heterocycles. The number of carbonyl (C=O) groups excluding carboxylic acids is 2. The van der Waals surface area contributed by atoms with E-state index in [0.29, 0.717) is 15.7 Å². The van der Waals surface area contributed by atoms with E-state index in [2.05, 4.69) is 4.98 Å². The van der Waals surface area contributed by atoms with Crippen LogP contribution in [0.25, 0.3) is 10.6 Å². The fourth-order valence-electron chi connectivity index (χ4n) is 1.93. The number of rotatable bonds is 5. The summed E-state index contributed by atoms with van der Waals surface area (Å²) in [6.45, 7) is 3.52. The molecule has 1 heterocycles. The van der Waals surface area contributed by atoms with Crippen molar-refractivity contribution in [1.82, 2.24) is 9.88 Å². The van der Waals surface area contributed by atoms with Crippen molar-refractivity contribution in [3.05, 3.63) is 40.4 Å². The molecule has 0 aliphatic rings. The molecular weight excluding hydrogens is 322 g/mol. The molecule has 2 N–H and O–H groups in total. The highest BCUT2D eigenvalue weighted by Crippen LogP contribution is 2.26.